The number of anilines is 1. The molecule has 19 heavy (non-hydrogen) atoms. The molecule has 1 unspecified atom stereocenters. The number of aromatic nitrogens is 2. The van der Waals surface area contributed by atoms with Crippen molar-refractivity contribution in [1.82, 2.24) is 9.97 Å². The Kier molecular flexibility index (Phi) is 3.48. The molecule has 2 aromatic heterocycles. The molecule has 0 amide bonds. The summed E-state index contributed by atoms with van der Waals surface area (Å²) in [5.41, 5.74) is 2.03. The Balaban J connectivity index is 1.85. The molecule has 2 heterocycles. The highest BCUT2D eigenvalue weighted by molar-refractivity contribution is 9.10. The van der Waals surface area contributed by atoms with Crippen LogP contribution in [0.15, 0.2) is 47.1 Å². The minimum Gasteiger partial charge on any atom is -0.353 e. The van der Waals surface area contributed by atoms with Gasteiger partial charge in [0.15, 0.2) is 5.13 Å². The third-order valence-corrected chi connectivity index (χ3v) is 4.28. The average molecular weight is 334 g/mol. The van der Waals surface area contributed by atoms with Crippen molar-refractivity contribution >= 4 is 42.6 Å². The number of hydrogen-bond donors (Lipinski definition) is 1. The number of pyridine rings is 1. The third-order valence-electron chi connectivity index (χ3n) is 2.82. The summed E-state index contributed by atoms with van der Waals surface area (Å²) < 4.78 is 2.23. The largest absolute Gasteiger partial charge is 0.353 e. The average Bonchev–Trinajstić information content (AvgIpc) is 2.81. The van der Waals surface area contributed by atoms with Crippen LogP contribution in [0, 0.1) is 0 Å². The fraction of sp³-hybridized carbons (Fsp3) is 0.143. The smallest absolute Gasteiger partial charge is 0.184 e. The summed E-state index contributed by atoms with van der Waals surface area (Å²) in [6, 6.07) is 12.2. The molecule has 3 rings (SSSR count). The quantitative estimate of drug-likeness (QED) is 0.759. The predicted molar refractivity (Wildman–Crippen MR) is 83.6 cm³/mol. The first-order valence-electron chi connectivity index (χ1n) is 5.96. The standard InChI is InChI=1S/C14H12BrN3S/c1-9(11-4-2-3-7-16-11)17-14-18-12-8-10(15)5-6-13(12)19-14/h2-9H,1H3,(H,17,18). The van der Waals surface area contributed by atoms with E-state index >= 15 is 0 Å². The SMILES string of the molecule is CC(Nc1nc2cc(Br)ccc2s1)c1ccccn1. The second-order valence-corrected chi connectivity index (χ2v) is 6.20. The van der Waals surface area contributed by atoms with Gasteiger partial charge in [-0.15, -0.1) is 0 Å². The monoisotopic (exact) mass is 333 g/mol. The summed E-state index contributed by atoms with van der Waals surface area (Å²) in [5.74, 6) is 0. The van der Waals surface area contributed by atoms with Gasteiger partial charge in [-0.05, 0) is 37.3 Å². The van der Waals surface area contributed by atoms with Gasteiger partial charge >= 0.3 is 0 Å². The topological polar surface area (TPSA) is 37.8 Å². The van der Waals surface area contributed by atoms with Crippen LogP contribution in [0.25, 0.3) is 10.2 Å². The van der Waals surface area contributed by atoms with Crippen LogP contribution < -0.4 is 5.32 Å². The van der Waals surface area contributed by atoms with Gasteiger partial charge in [0.1, 0.15) is 0 Å². The fourth-order valence-corrected chi connectivity index (χ4v) is 3.14. The van der Waals surface area contributed by atoms with Crippen molar-refractivity contribution in [2.24, 2.45) is 0 Å². The molecule has 0 fully saturated rings. The lowest BCUT2D eigenvalue weighted by Crippen LogP contribution is -2.07. The Morgan fingerprint density at radius 2 is 2.16 bits per heavy atom. The zero-order valence-corrected chi connectivity index (χ0v) is 12.7. The highest BCUT2D eigenvalue weighted by Gasteiger charge is 2.09. The van der Waals surface area contributed by atoms with Crippen LogP contribution in [0.1, 0.15) is 18.7 Å². The van der Waals surface area contributed by atoms with Gasteiger partial charge in [-0.3, -0.25) is 4.98 Å². The van der Waals surface area contributed by atoms with Gasteiger partial charge in [-0.25, -0.2) is 4.98 Å². The van der Waals surface area contributed by atoms with Gasteiger partial charge in [0.25, 0.3) is 0 Å². The molecule has 0 aliphatic carbocycles. The molecule has 3 aromatic rings. The van der Waals surface area contributed by atoms with E-state index in [-0.39, 0.29) is 6.04 Å². The normalized spacial score (nSPS) is 12.5. The molecule has 5 heteroatoms. The Labute approximate surface area is 123 Å². The molecule has 0 saturated heterocycles. The van der Waals surface area contributed by atoms with Crippen LogP contribution in [-0.2, 0) is 0 Å². The molecule has 0 saturated carbocycles. The first kappa shape index (κ1) is 12.6. The number of halogens is 1. The maximum atomic E-state index is 4.59. The molecular weight excluding hydrogens is 322 g/mol. The highest BCUT2D eigenvalue weighted by Crippen LogP contribution is 2.30. The van der Waals surface area contributed by atoms with E-state index in [1.54, 1.807) is 11.3 Å². The molecule has 0 aliphatic rings. The van der Waals surface area contributed by atoms with Crippen molar-refractivity contribution in [3.63, 3.8) is 0 Å². The lowest BCUT2D eigenvalue weighted by molar-refractivity contribution is 0.838. The zero-order chi connectivity index (χ0) is 13.2. The minimum absolute atomic E-state index is 0.144. The predicted octanol–water partition coefficient (Wildman–Crippen LogP) is 4.63. The van der Waals surface area contributed by atoms with Gasteiger partial charge in [0.2, 0.25) is 0 Å². The Morgan fingerprint density at radius 3 is 2.95 bits per heavy atom. The van der Waals surface area contributed by atoms with E-state index < -0.39 is 0 Å². The van der Waals surface area contributed by atoms with Crippen LogP contribution >= 0.6 is 27.3 Å². The summed E-state index contributed by atoms with van der Waals surface area (Å²) >= 11 is 5.12. The molecular formula is C14H12BrN3S. The molecule has 3 nitrogen and oxygen atoms in total. The number of hydrogen-bond acceptors (Lipinski definition) is 4. The van der Waals surface area contributed by atoms with Gasteiger partial charge in [0, 0.05) is 10.7 Å². The van der Waals surface area contributed by atoms with Crippen LogP contribution in [-0.4, -0.2) is 9.97 Å². The van der Waals surface area contributed by atoms with Crippen LogP contribution in [0.4, 0.5) is 5.13 Å². The molecule has 96 valence electrons. The minimum atomic E-state index is 0.144. The second kappa shape index (κ2) is 5.27. The Bertz CT molecular complexity index is 696. The Morgan fingerprint density at radius 1 is 1.26 bits per heavy atom. The number of rotatable bonds is 3. The molecule has 1 aromatic carbocycles. The molecule has 1 N–H and O–H groups in total. The maximum absolute atomic E-state index is 4.59. The summed E-state index contributed by atoms with van der Waals surface area (Å²) in [5, 5.41) is 4.32. The van der Waals surface area contributed by atoms with E-state index in [1.165, 1.54) is 4.70 Å². The zero-order valence-electron chi connectivity index (χ0n) is 10.3. The van der Waals surface area contributed by atoms with E-state index in [1.807, 2.05) is 36.5 Å². The summed E-state index contributed by atoms with van der Waals surface area (Å²) in [7, 11) is 0. The van der Waals surface area contributed by atoms with Gasteiger partial charge in [0.05, 0.1) is 22.0 Å². The van der Waals surface area contributed by atoms with E-state index in [4.69, 9.17) is 0 Å². The van der Waals surface area contributed by atoms with Crippen LogP contribution in [0.5, 0.6) is 0 Å². The lowest BCUT2D eigenvalue weighted by Gasteiger charge is -2.11. The van der Waals surface area contributed by atoms with Gasteiger partial charge in [-0.2, -0.15) is 0 Å². The first-order chi connectivity index (χ1) is 9.22. The summed E-state index contributed by atoms with van der Waals surface area (Å²) in [4.78, 5) is 8.94. The lowest BCUT2D eigenvalue weighted by atomic mass is 10.2. The summed E-state index contributed by atoms with van der Waals surface area (Å²) in [6.07, 6.45) is 1.81. The maximum Gasteiger partial charge on any atom is 0.184 e. The second-order valence-electron chi connectivity index (χ2n) is 4.25. The van der Waals surface area contributed by atoms with E-state index in [0.717, 1.165) is 20.8 Å². The van der Waals surface area contributed by atoms with Crippen molar-refractivity contribution in [3.05, 3.63) is 52.8 Å². The van der Waals surface area contributed by atoms with E-state index in [2.05, 4.69) is 44.2 Å². The Hall–Kier alpha value is -1.46. The van der Waals surface area contributed by atoms with E-state index in [0.29, 0.717) is 0 Å². The molecule has 0 spiro atoms. The number of nitrogens with zero attached hydrogens (tertiary/aromatic N) is 2. The van der Waals surface area contributed by atoms with Crippen molar-refractivity contribution in [3.8, 4) is 0 Å². The van der Waals surface area contributed by atoms with E-state index in [9.17, 15) is 0 Å². The number of fused-ring (bicyclic) bond motifs is 1. The molecule has 1 atom stereocenters. The number of thiazole rings is 1. The third kappa shape index (κ3) is 2.77. The number of benzene rings is 1. The molecule has 0 aliphatic heterocycles. The van der Waals surface area contributed by atoms with Gasteiger partial charge in [-0.1, -0.05) is 33.3 Å². The first-order valence-corrected chi connectivity index (χ1v) is 7.57. The van der Waals surface area contributed by atoms with Crippen molar-refractivity contribution < 1.29 is 0 Å². The van der Waals surface area contributed by atoms with Crippen molar-refractivity contribution in [2.45, 2.75) is 13.0 Å². The molecule has 0 radical (unpaired) electrons. The van der Waals surface area contributed by atoms with Crippen molar-refractivity contribution in [1.29, 1.82) is 0 Å². The number of nitrogens with one attached hydrogen (secondary N) is 1. The highest BCUT2D eigenvalue weighted by atomic mass is 79.9. The van der Waals surface area contributed by atoms with Crippen LogP contribution in [0.2, 0.25) is 0 Å². The van der Waals surface area contributed by atoms with Gasteiger partial charge < -0.3 is 5.32 Å². The molecule has 0 bridgehead atoms. The summed E-state index contributed by atoms with van der Waals surface area (Å²) in [6.45, 7) is 2.09. The van der Waals surface area contributed by atoms with Crippen LogP contribution in [0.3, 0.4) is 0 Å². The fourth-order valence-electron chi connectivity index (χ4n) is 1.85. The van der Waals surface area contributed by atoms with Crippen molar-refractivity contribution in [2.75, 3.05) is 5.32 Å².